The number of anilines is 1. The van der Waals surface area contributed by atoms with Gasteiger partial charge < -0.3 is 10.4 Å². The first-order valence-corrected chi connectivity index (χ1v) is 6.56. The average Bonchev–Trinajstić information content (AvgIpc) is 2.89. The Morgan fingerprint density at radius 2 is 2.26 bits per heavy atom. The highest BCUT2D eigenvalue weighted by molar-refractivity contribution is 5.68. The quantitative estimate of drug-likeness (QED) is 0.697. The van der Waals surface area contributed by atoms with Crippen molar-refractivity contribution < 1.29 is 5.11 Å². The molecule has 0 fully saturated rings. The number of hydrogen-bond acceptors (Lipinski definition) is 4. The van der Waals surface area contributed by atoms with Crippen LogP contribution in [0.15, 0.2) is 24.5 Å². The molecule has 0 saturated heterocycles. The minimum Gasteiger partial charge on any atom is -0.396 e. The van der Waals surface area contributed by atoms with Gasteiger partial charge in [-0.3, -0.25) is 5.10 Å². The molecule has 0 atom stereocenters. The molecule has 0 bridgehead atoms. The van der Waals surface area contributed by atoms with Gasteiger partial charge >= 0.3 is 0 Å². The van der Waals surface area contributed by atoms with E-state index in [4.69, 9.17) is 5.11 Å². The molecule has 0 amide bonds. The van der Waals surface area contributed by atoms with E-state index in [2.05, 4.69) is 34.3 Å². The maximum Gasteiger partial charge on any atom is 0.126 e. The van der Waals surface area contributed by atoms with Gasteiger partial charge in [0.25, 0.3) is 0 Å². The number of rotatable bonds is 6. The van der Waals surface area contributed by atoms with Crippen molar-refractivity contribution in [3.8, 4) is 11.1 Å². The molecule has 0 aromatic carbocycles. The van der Waals surface area contributed by atoms with Crippen LogP contribution in [0.3, 0.4) is 0 Å². The zero-order chi connectivity index (χ0) is 13.7. The summed E-state index contributed by atoms with van der Waals surface area (Å²) in [5.41, 5.74) is 3.34. The summed E-state index contributed by atoms with van der Waals surface area (Å²) in [4.78, 5) is 4.27. The van der Waals surface area contributed by atoms with Gasteiger partial charge in [-0.1, -0.05) is 13.8 Å². The molecule has 0 unspecified atom stereocenters. The maximum absolute atomic E-state index is 8.77. The van der Waals surface area contributed by atoms with Crippen LogP contribution in [0.2, 0.25) is 0 Å². The van der Waals surface area contributed by atoms with Crippen molar-refractivity contribution in [1.29, 1.82) is 0 Å². The standard InChI is InChI=1S/C14H20N4O/c1-10(2)14-12(9-17-18-14)11-4-6-16-13(8-11)15-5-3-7-19/h4,6,8-10,19H,3,5,7H2,1-2H3,(H,15,16)(H,17,18). The summed E-state index contributed by atoms with van der Waals surface area (Å²) in [7, 11) is 0. The van der Waals surface area contributed by atoms with Gasteiger partial charge in [0, 0.05) is 30.6 Å². The van der Waals surface area contributed by atoms with Gasteiger partial charge in [-0.25, -0.2) is 4.98 Å². The average molecular weight is 260 g/mol. The fourth-order valence-corrected chi connectivity index (χ4v) is 1.96. The van der Waals surface area contributed by atoms with Gasteiger partial charge in [-0.15, -0.1) is 0 Å². The Labute approximate surface area is 113 Å². The van der Waals surface area contributed by atoms with Gasteiger partial charge in [0.15, 0.2) is 0 Å². The predicted molar refractivity (Wildman–Crippen MR) is 76.1 cm³/mol. The Kier molecular flexibility index (Phi) is 4.52. The molecule has 0 spiro atoms. The summed E-state index contributed by atoms with van der Waals surface area (Å²) in [5, 5.41) is 19.1. The van der Waals surface area contributed by atoms with E-state index in [0.29, 0.717) is 5.92 Å². The summed E-state index contributed by atoms with van der Waals surface area (Å²) in [5.74, 6) is 1.22. The molecule has 2 rings (SSSR count). The Morgan fingerprint density at radius 3 is 3.00 bits per heavy atom. The summed E-state index contributed by atoms with van der Waals surface area (Å²) < 4.78 is 0. The third-order valence-corrected chi connectivity index (χ3v) is 2.96. The molecule has 0 radical (unpaired) electrons. The zero-order valence-corrected chi connectivity index (χ0v) is 11.3. The number of nitrogens with one attached hydrogen (secondary N) is 2. The summed E-state index contributed by atoms with van der Waals surface area (Å²) >= 11 is 0. The number of nitrogens with zero attached hydrogens (tertiary/aromatic N) is 2. The first kappa shape index (κ1) is 13.5. The van der Waals surface area contributed by atoms with Crippen molar-refractivity contribution in [2.24, 2.45) is 0 Å². The second-order valence-corrected chi connectivity index (χ2v) is 4.79. The van der Waals surface area contributed by atoms with Gasteiger partial charge in [0.2, 0.25) is 0 Å². The van der Waals surface area contributed by atoms with Crippen LogP contribution >= 0.6 is 0 Å². The Hall–Kier alpha value is -1.88. The van der Waals surface area contributed by atoms with E-state index >= 15 is 0 Å². The SMILES string of the molecule is CC(C)c1[nH]ncc1-c1ccnc(NCCCO)c1. The fourth-order valence-electron chi connectivity index (χ4n) is 1.96. The van der Waals surface area contributed by atoms with Gasteiger partial charge in [-0.05, 0) is 30.0 Å². The number of pyridine rings is 1. The highest BCUT2D eigenvalue weighted by Gasteiger charge is 2.11. The van der Waals surface area contributed by atoms with E-state index in [1.807, 2.05) is 18.3 Å². The zero-order valence-electron chi connectivity index (χ0n) is 11.3. The van der Waals surface area contributed by atoms with Gasteiger partial charge in [-0.2, -0.15) is 5.10 Å². The first-order chi connectivity index (χ1) is 9.22. The molecule has 0 aliphatic heterocycles. The summed E-state index contributed by atoms with van der Waals surface area (Å²) in [6, 6.07) is 3.99. The Morgan fingerprint density at radius 1 is 1.42 bits per heavy atom. The van der Waals surface area contributed by atoms with Crippen molar-refractivity contribution in [2.75, 3.05) is 18.5 Å². The maximum atomic E-state index is 8.77. The van der Waals surface area contributed by atoms with Crippen LogP contribution in [-0.4, -0.2) is 33.4 Å². The van der Waals surface area contributed by atoms with Crippen LogP contribution in [-0.2, 0) is 0 Å². The highest BCUT2D eigenvalue weighted by atomic mass is 16.3. The molecule has 102 valence electrons. The second-order valence-electron chi connectivity index (χ2n) is 4.79. The van der Waals surface area contributed by atoms with E-state index in [1.54, 1.807) is 6.20 Å². The molecule has 5 nitrogen and oxygen atoms in total. The molecule has 0 aliphatic rings. The number of hydrogen-bond donors (Lipinski definition) is 3. The van der Waals surface area contributed by atoms with Crippen LogP contribution in [0.4, 0.5) is 5.82 Å². The third-order valence-electron chi connectivity index (χ3n) is 2.96. The highest BCUT2D eigenvalue weighted by Crippen LogP contribution is 2.27. The van der Waals surface area contributed by atoms with Crippen molar-refractivity contribution in [1.82, 2.24) is 15.2 Å². The van der Waals surface area contributed by atoms with Gasteiger partial charge in [0.05, 0.1) is 6.20 Å². The number of aliphatic hydroxyl groups is 1. The number of aromatic amines is 1. The first-order valence-electron chi connectivity index (χ1n) is 6.56. The molecule has 2 heterocycles. The minimum absolute atomic E-state index is 0.186. The Balaban J connectivity index is 2.20. The molecule has 0 aliphatic carbocycles. The van der Waals surface area contributed by atoms with Crippen molar-refractivity contribution >= 4 is 5.82 Å². The smallest absolute Gasteiger partial charge is 0.126 e. The monoisotopic (exact) mass is 260 g/mol. The van der Waals surface area contributed by atoms with Crippen LogP contribution < -0.4 is 5.32 Å². The van der Waals surface area contributed by atoms with Crippen LogP contribution in [0.1, 0.15) is 31.9 Å². The van der Waals surface area contributed by atoms with Crippen LogP contribution in [0.5, 0.6) is 0 Å². The number of H-pyrrole nitrogens is 1. The third kappa shape index (κ3) is 3.32. The Bertz CT molecular complexity index is 522. The van der Waals surface area contributed by atoms with E-state index in [9.17, 15) is 0 Å². The summed E-state index contributed by atoms with van der Waals surface area (Å²) in [6.07, 6.45) is 4.35. The van der Waals surface area contributed by atoms with Crippen LogP contribution in [0.25, 0.3) is 11.1 Å². The topological polar surface area (TPSA) is 73.8 Å². The molecule has 19 heavy (non-hydrogen) atoms. The minimum atomic E-state index is 0.186. The molecule has 2 aromatic rings. The molecule has 0 saturated carbocycles. The normalized spacial score (nSPS) is 10.9. The lowest BCUT2D eigenvalue weighted by atomic mass is 10.0. The van der Waals surface area contributed by atoms with Crippen molar-refractivity contribution in [3.63, 3.8) is 0 Å². The van der Waals surface area contributed by atoms with Crippen molar-refractivity contribution in [3.05, 3.63) is 30.2 Å². The molecular weight excluding hydrogens is 240 g/mol. The van der Waals surface area contributed by atoms with E-state index in [1.165, 1.54) is 0 Å². The van der Waals surface area contributed by atoms with E-state index in [0.717, 1.165) is 35.6 Å². The van der Waals surface area contributed by atoms with E-state index < -0.39 is 0 Å². The molecule has 3 N–H and O–H groups in total. The number of aromatic nitrogens is 3. The fraction of sp³-hybridized carbons (Fsp3) is 0.429. The number of aliphatic hydroxyl groups excluding tert-OH is 1. The van der Waals surface area contributed by atoms with E-state index in [-0.39, 0.29) is 6.61 Å². The molecule has 2 aromatic heterocycles. The van der Waals surface area contributed by atoms with Crippen molar-refractivity contribution in [2.45, 2.75) is 26.2 Å². The molecule has 5 heteroatoms. The predicted octanol–water partition coefficient (Wildman–Crippen LogP) is 2.39. The lowest BCUT2D eigenvalue weighted by molar-refractivity contribution is 0.292. The summed E-state index contributed by atoms with van der Waals surface area (Å²) in [6.45, 7) is 5.18. The lowest BCUT2D eigenvalue weighted by Crippen LogP contribution is -2.04. The second kappa shape index (κ2) is 6.33. The van der Waals surface area contributed by atoms with Gasteiger partial charge in [0.1, 0.15) is 5.82 Å². The largest absolute Gasteiger partial charge is 0.396 e. The molecular formula is C14H20N4O. The van der Waals surface area contributed by atoms with Crippen LogP contribution in [0, 0.1) is 0 Å². The lowest BCUT2D eigenvalue weighted by Gasteiger charge is -2.08.